The molecule has 152 valence electrons. The van der Waals surface area contributed by atoms with Crippen LogP contribution < -0.4 is 5.14 Å². The van der Waals surface area contributed by atoms with Crippen molar-refractivity contribution < 1.29 is 17.9 Å². The second-order valence-corrected chi connectivity index (χ2v) is 9.51. The van der Waals surface area contributed by atoms with E-state index in [1.54, 1.807) is 18.2 Å². The number of aromatic nitrogens is 1. The number of fused-ring (bicyclic) bond motifs is 1. The van der Waals surface area contributed by atoms with Crippen molar-refractivity contribution in [1.29, 1.82) is 0 Å². The van der Waals surface area contributed by atoms with Crippen molar-refractivity contribution in [3.05, 3.63) is 30.5 Å². The number of hydrogen-bond acceptors (Lipinski definition) is 4. The van der Waals surface area contributed by atoms with Gasteiger partial charge in [0.2, 0.25) is 15.9 Å². The van der Waals surface area contributed by atoms with Crippen molar-refractivity contribution in [1.82, 2.24) is 9.47 Å². The van der Waals surface area contributed by atoms with Crippen LogP contribution in [0.15, 0.2) is 35.4 Å². The van der Waals surface area contributed by atoms with Gasteiger partial charge in [0.1, 0.15) is 0 Å². The van der Waals surface area contributed by atoms with Crippen LogP contribution in [0.4, 0.5) is 0 Å². The highest BCUT2D eigenvalue weighted by Gasteiger charge is 2.33. The minimum atomic E-state index is -3.73. The van der Waals surface area contributed by atoms with Gasteiger partial charge in [-0.1, -0.05) is 6.07 Å². The van der Waals surface area contributed by atoms with Crippen molar-refractivity contribution in [3.8, 4) is 0 Å². The third-order valence-electron chi connectivity index (χ3n) is 6.11. The van der Waals surface area contributed by atoms with Crippen molar-refractivity contribution >= 4 is 26.8 Å². The topological polar surface area (TPSA) is 94.6 Å². The lowest BCUT2D eigenvalue weighted by molar-refractivity contribution is -0.144. The Bertz CT molecular complexity index is 976. The summed E-state index contributed by atoms with van der Waals surface area (Å²) in [4.78, 5) is 15.0. The van der Waals surface area contributed by atoms with E-state index in [4.69, 9.17) is 9.88 Å². The predicted octanol–water partition coefficient (Wildman–Crippen LogP) is 2.27. The fourth-order valence-electron chi connectivity index (χ4n) is 4.51. The molecule has 1 amide bonds. The number of carbonyl (C=O) groups is 1. The van der Waals surface area contributed by atoms with E-state index in [1.165, 1.54) is 0 Å². The predicted molar refractivity (Wildman–Crippen MR) is 106 cm³/mol. The number of nitrogens with two attached hydrogens (primary N) is 1. The maximum Gasteiger partial charge on any atom is 0.238 e. The maximum atomic E-state index is 12.9. The highest BCUT2D eigenvalue weighted by molar-refractivity contribution is 7.89. The Labute approximate surface area is 165 Å². The summed E-state index contributed by atoms with van der Waals surface area (Å²) in [5, 5.41) is 6.28. The molecule has 0 radical (unpaired) electrons. The highest BCUT2D eigenvalue weighted by atomic mass is 32.2. The molecule has 1 saturated heterocycles. The van der Waals surface area contributed by atoms with E-state index in [0.29, 0.717) is 19.8 Å². The maximum absolute atomic E-state index is 12.9. The number of carbonyl (C=O) groups excluding carboxylic acids is 1. The van der Waals surface area contributed by atoms with Gasteiger partial charge in [-0.2, -0.15) is 0 Å². The lowest BCUT2D eigenvalue weighted by Crippen LogP contribution is -2.49. The molecule has 1 aromatic carbocycles. The molecule has 1 atom stereocenters. The van der Waals surface area contributed by atoms with Gasteiger partial charge in [-0.05, 0) is 56.2 Å². The van der Waals surface area contributed by atoms with Gasteiger partial charge in [-0.25, -0.2) is 13.6 Å². The van der Waals surface area contributed by atoms with Crippen LogP contribution in [0.25, 0.3) is 10.9 Å². The van der Waals surface area contributed by atoms with Crippen LogP contribution in [0.1, 0.15) is 38.6 Å². The SMILES string of the molecule is CC1COCCN1C(=O)C1CCC(n2ccc3ccc(S(N)(=O)=O)cc32)CC1. The number of hydrogen-bond donors (Lipinski definition) is 1. The van der Waals surface area contributed by atoms with E-state index in [-0.39, 0.29) is 28.8 Å². The van der Waals surface area contributed by atoms with Crippen LogP contribution in [0.2, 0.25) is 0 Å². The molecule has 2 aliphatic rings. The van der Waals surface area contributed by atoms with E-state index < -0.39 is 10.0 Å². The first-order valence-corrected chi connectivity index (χ1v) is 11.4. The van der Waals surface area contributed by atoms with Crippen molar-refractivity contribution in [2.24, 2.45) is 11.1 Å². The van der Waals surface area contributed by atoms with Gasteiger partial charge in [-0.15, -0.1) is 0 Å². The van der Waals surface area contributed by atoms with Crippen LogP contribution in [-0.2, 0) is 19.6 Å². The lowest BCUT2D eigenvalue weighted by atomic mass is 9.84. The van der Waals surface area contributed by atoms with Crippen molar-refractivity contribution in [2.45, 2.75) is 49.6 Å². The molecule has 2 fully saturated rings. The van der Waals surface area contributed by atoms with E-state index in [2.05, 4.69) is 4.57 Å². The fourth-order valence-corrected chi connectivity index (χ4v) is 5.05. The Morgan fingerprint density at radius 1 is 1.18 bits per heavy atom. The number of ether oxygens (including phenoxy) is 1. The summed E-state index contributed by atoms with van der Waals surface area (Å²) in [5.74, 6) is 0.321. The second kappa shape index (κ2) is 7.50. The minimum absolute atomic E-state index is 0.0682. The molecule has 4 rings (SSSR count). The van der Waals surface area contributed by atoms with Crippen LogP contribution in [0.3, 0.4) is 0 Å². The normalized spacial score (nSPS) is 26.5. The average Bonchev–Trinajstić information content (AvgIpc) is 3.10. The third kappa shape index (κ3) is 3.68. The largest absolute Gasteiger partial charge is 0.377 e. The van der Waals surface area contributed by atoms with Gasteiger partial charge in [0, 0.05) is 30.2 Å². The van der Waals surface area contributed by atoms with E-state index in [0.717, 1.165) is 36.6 Å². The molecule has 1 aliphatic carbocycles. The molecule has 8 heteroatoms. The van der Waals surface area contributed by atoms with Gasteiger partial charge in [0.25, 0.3) is 0 Å². The Kier molecular flexibility index (Phi) is 5.20. The standard InChI is InChI=1S/C20H27N3O4S/c1-14-13-27-11-10-22(14)20(24)16-2-5-17(6-3-16)23-9-8-15-4-7-18(12-19(15)23)28(21,25)26/h4,7-9,12,14,16-17H,2-3,5-6,10-11,13H2,1H3,(H2,21,25,26). The van der Waals surface area contributed by atoms with Crippen molar-refractivity contribution in [3.63, 3.8) is 0 Å². The summed E-state index contributed by atoms with van der Waals surface area (Å²) in [6.07, 6.45) is 5.51. The summed E-state index contributed by atoms with van der Waals surface area (Å²) in [6.45, 7) is 3.95. The Balaban J connectivity index is 1.48. The van der Waals surface area contributed by atoms with Crippen LogP contribution in [-0.4, -0.2) is 49.6 Å². The van der Waals surface area contributed by atoms with Gasteiger partial charge in [-0.3, -0.25) is 4.79 Å². The first-order chi connectivity index (χ1) is 13.3. The third-order valence-corrected chi connectivity index (χ3v) is 7.02. The summed E-state index contributed by atoms with van der Waals surface area (Å²) in [7, 11) is -3.73. The molecule has 2 aromatic rings. The number of rotatable bonds is 3. The lowest BCUT2D eigenvalue weighted by Gasteiger charge is -2.38. The van der Waals surface area contributed by atoms with Gasteiger partial charge >= 0.3 is 0 Å². The Morgan fingerprint density at radius 2 is 1.93 bits per heavy atom. The molecular weight excluding hydrogens is 378 g/mol. The minimum Gasteiger partial charge on any atom is -0.377 e. The van der Waals surface area contributed by atoms with Crippen LogP contribution in [0, 0.1) is 5.92 Å². The first kappa shape index (κ1) is 19.4. The highest BCUT2D eigenvalue weighted by Crippen LogP contribution is 2.36. The number of sulfonamides is 1. The van der Waals surface area contributed by atoms with Crippen molar-refractivity contribution in [2.75, 3.05) is 19.8 Å². The summed E-state index contributed by atoms with van der Waals surface area (Å²) >= 11 is 0. The smallest absolute Gasteiger partial charge is 0.238 e. The Morgan fingerprint density at radius 3 is 2.61 bits per heavy atom. The number of benzene rings is 1. The summed E-state index contributed by atoms with van der Waals surface area (Å²) in [5.41, 5.74) is 0.878. The Hall–Kier alpha value is -1.90. The summed E-state index contributed by atoms with van der Waals surface area (Å²) in [6, 6.07) is 7.39. The number of nitrogens with zero attached hydrogens (tertiary/aromatic N) is 2. The van der Waals surface area contributed by atoms with E-state index in [9.17, 15) is 13.2 Å². The molecule has 28 heavy (non-hydrogen) atoms. The van der Waals surface area contributed by atoms with Gasteiger partial charge in [0.05, 0.1) is 24.2 Å². The molecule has 0 bridgehead atoms. The zero-order chi connectivity index (χ0) is 19.9. The molecule has 2 N–H and O–H groups in total. The molecule has 1 aromatic heterocycles. The zero-order valence-electron chi connectivity index (χ0n) is 16.1. The molecule has 1 unspecified atom stereocenters. The van der Waals surface area contributed by atoms with E-state index in [1.807, 2.05) is 24.1 Å². The zero-order valence-corrected chi connectivity index (χ0v) is 16.9. The first-order valence-electron chi connectivity index (χ1n) is 9.86. The van der Waals surface area contributed by atoms with Gasteiger partial charge < -0.3 is 14.2 Å². The number of morpholine rings is 1. The second-order valence-electron chi connectivity index (χ2n) is 7.95. The molecule has 1 aliphatic heterocycles. The van der Waals surface area contributed by atoms with Crippen LogP contribution >= 0.6 is 0 Å². The molecule has 0 spiro atoms. The summed E-state index contributed by atoms with van der Waals surface area (Å²) < 4.78 is 31.0. The number of amides is 1. The molecular formula is C20H27N3O4S. The average molecular weight is 406 g/mol. The monoisotopic (exact) mass is 405 g/mol. The molecule has 7 nitrogen and oxygen atoms in total. The van der Waals surface area contributed by atoms with Crippen LogP contribution in [0.5, 0.6) is 0 Å². The number of primary sulfonamides is 1. The quantitative estimate of drug-likeness (QED) is 0.847. The molecule has 2 heterocycles. The molecule has 1 saturated carbocycles. The van der Waals surface area contributed by atoms with Gasteiger partial charge in [0.15, 0.2) is 0 Å². The fraction of sp³-hybridized carbons (Fsp3) is 0.550. The van der Waals surface area contributed by atoms with E-state index >= 15 is 0 Å².